The lowest BCUT2D eigenvalue weighted by Crippen LogP contribution is -2.65. The van der Waals surface area contributed by atoms with Crippen LogP contribution in [0.5, 0.6) is 5.88 Å². The minimum Gasteiger partial charge on any atom is -0.481 e. The Morgan fingerprint density at radius 1 is 1.28 bits per heavy atom. The maximum Gasteiger partial charge on any atom is 0.218 e. The Hall–Kier alpha value is -2.25. The van der Waals surface area contributed by atoms with Gasteiger partial charge in [-0.3, -0.25) is 4.98 Å². The lowest BCUT2D eigenvalue weighted by molar-refractivity contribution is -0.0657. The lowest BCUT2D eigenvalue weighted by atomic mass is 9.81. The molecule has 0 aliphatic carbocycles. The second-order valence-corrected chi connectivity index (χ2v) is 6.51. The van der Waals surface area contributed by atoms with Gasteiger partial charge in [-0.25, -0.2) is 9.97 Å². The molecule has 0 bridgehead atoms. The van der Waals surface area contributed by atoms with Crippen molar-refractivity contribution in [1.29, 1.82) is 0 Å². The van der Waals surface area contributed by atoms with Crippen molar-refractivity contribution in [3.8, 4) is 5.88 Å². The van der Waals surface area contributed by atoms with Crippen molar-refractivity contribution in [2.45, 2.75) is 18.6 Å². The summed E-state index contributed by atoms with van der Waals surface area (Å²) in [5.74, 6) is 1.85. The normalized spacial score (nSPS) is 21.3. The van der Waals surface area contributed by atoms with Crippen molar-refractivity contribution >= 4 is 5.82 Å². The highest BCUT2D eigenvalue weighted by atomic mass is 16.5. The number of hydrogen-bond donors (Lipinski definition) is 0. The first-order valence-electron chi connectivity index (χ1n) is 8.52. The number of ether oxygens (including phenoxy) is 3. The van der Waals surface area contributed by atoms with Crippen molar-refractivity contribution in [3.63, 3.8) is 0 Å². The van der Waals surface area contributed by atoms with E-state index in [-0.39, 0.29) is 5.60 Å². The van der Waals surface area contributed by atoms with Crippen LogP contribution < -0.4 is 9.64 Å². The standard InChI is InChI=1S/C18H22N4O3/c1-23-17-8-16(20-13-21-17)22-11-18(12-22)14(5-7-25-18)9-24-10-15-4-2-3-6-19-15/h2-4,6,8,13-14H,5,7,9-12H2,1H3/t14-/m0/s1. The Bertz CT molecular complexity index is 706. The van der Waals surface area contributed by atoms with Crippen LogP contribution in [-0.2, 0) is 16.1 Å². The molecule has 2 saturated heterocycles. The van der Waals surface area contributed by atoms with Crippen LogP contribution in [0.3, 0.4) is 0 Å². The number of hydrogen-bond acceptors (Lipinski definition) is 7. The van der Waals surface area contributed by atoms with Crippen LogP contribution in [-0.4, -0.2) is 54.0 Å². The van der Waals surface area contributed by atoms with Crippen LogP contribution in [0.1, 0.15) is 12.1 Å². The average molecular weight is 342 g/mol. The van der Waals surface area contributed by atoms with Crippen molar-refractivity contribution in [2.24, 2.45) is 5.92 Å². The third kappa shape index (κ3) is 3.29. The van der Waals surface area contributed by atoms with Crippen molar-refractivity contribution < 1.29 is 14.2 Å². The van der Waals surface area contributed by atoms with Crippen molar-refractivity contribution in [2.75, 3.05) is 38.3 Å². The van der Waals surface area contributed by atoms with Crippen molar-refractivity contribution in [1.82, 2.24) is 15.0 Å². The van der Waals surface area contributed by atoms with Crippen LogP contribution in [0.4, 0.5) is 5.82 Å². The van der Waals surface area contributed by atoms with E-state index in [1.807, 2.05) is 24.3 Å². The number of pyridine rings is 1. The van der Waals surface area contributed by atoms with Gasteiger partial charge in [0.1, 0.15) is 17.7 Å². The Balaban J connectivity index is 1.33. The first kappa shape index (κ1) is 16.2. The monoisotopic (exact) mass is 342 g/mol. The molecule has 2 fully saturated rings. The van der Waals surface area contributed by atoms with Gasteiger partial charge in [-0.15, -0.1) is 0 Å². The van der Waals surface area contributed by atoms with Crippen LogP contribution in [0, 0.1) is 5.92 Å². The number of methoxy groups -OCH3 is 1. The van der Waals surface area contributed by atoms with Gasteiger partial charge in [0.15, 0.2) is 0 Å². The second-order valence-electron chi connectivity index (χ2n) is 6.51. The molecule has 4 rings (SSSR count). The van der Waals surface area contributed by atoms with Crippen LogP contribution in [0.25, 0.3) is 0 Å². The van der Waals surface area contributed by atoms with Crippen molar-refractivity contribution in [3.05, 3.63) is 42.5 Å². The maximum absolute atomic E-state index is 6.09. The fraction of sp³-hybridized carbons (Fsp3) is 0.500. The fourth-order valence-corrected chi connectivity index (χ4v) is 3.54. The number of nitrogens with zero attached hydrogens (tertiary/aromatic N) is 4. The van der Waals surface area contributed by atoms with E-state index in [9.17, 15) is 0 Å². The molecule has 2 aromatic heterocycles. The third-order valence-corrected chi connectivity index (χ3v) is 4.97. The van der Waals surface area contributed by atoms with Crippen LogP contribution >= 0.6 is 0 Å². The highest BCUT2D eigenvalue weighted by Gasteiger charge is 2.53. The van der Waals surface area contributed by atoms with Gasteiger partial charge in [0, 0.05) is 24.8 Å². The Labute approximate surface area is 147 Å². The number of anilines is 1. The molecule has 25 heavy (non-hydrogen) atoms. The second kappa shape index (κ2) is 6.93. The largest absolute Gasteiger partial charge is 0.481 e. The predicted octanol–water partition coefficient (Wildman–Crippen LogP) is 1.69. The number of aromatic nitrogens is 3. The van der Waals surface area contributed by atoms with E-state index in [4.69, 9.17) is 14.2 Å². The molecule has 2 aliphatic heterocycles. The molecule has 0 unspecified atom stereocenters. The molecular formula is C18H22N4O3. The quantitative estimate of drug-likeness (QED) is 0.791. The predicted molar refractivity (Wildman–Crippen MR) is 91.5 cm³/mol. The lowest BCUT2D eigenvalue weighted by Gasteiger charge is -2.50. The average Bonchev–Trinajstić information content (AvgIpc) is 3.05. The molecular weight excluding hydrogens is 320 g/mol. The number of rotatable bonds is 6. The zero-order valence-corrected chi connectivity index (χ0v) is 14.3. The molecule has 4 heterocycles. The van der Waals surface area contributed by atoms with Gasteiger partial charge < -0.3 is 19.1 Å². The summed E-state index contributed by atoms with van der Waals surface area (Å²) in [5.41, 5.74) is 0.834. The SMILES string of the molecule is COc1cc(N2CC3(C2)OCC[C@H]3COCc2ccccn2)ncn1. The molecule has 7 heteroatoms. The maximum atomic E-state index is 6.09. The Morgan fingerprint density at radius 2 is 2.20 bits per heavy atom. The molecule has 7 nitrogen and oxygen atoms in total. The van der Waals surface area contributed by atoms with Gasteiger partial charge in [0.2, 0.25) is 5.88 Å². The topological polar surface area (TPSA) is 69.6 Å². The third-order valence-electron chi connectivity index (χ3n) is 4.97. The Morgan fingerprint density at radius 3 is 3.00 bits per heavy atom. The van der Waals surface area contributed by atoms with Gasteiger partial charge in [-0.2, -0.15) is 0 Å². The molecule has 1 spiro atoms. The van der Waals surface area contributed by atoms with Crippen LogP contribution in [0.2, 0.25) is 0 Å². The van der Waals surface area contributed by atoms with Gasteiger partial charge in [0.05, 0.1) is 39.1 Å². The van der Waals surface area contributed by atoms with E-state index in [1.165, 1.54) is 6.33 Å². The van der Waals surface area contributed by atoms with Gasteiger partial charge >= 0.3 is 0 Å². The first-order valence-corrected chi connectivity index (χ1v) is 8.52. The summed E-state index contributed by atoms with van der Waals surface area (Å²) in [6.45, 7) is 3.67. The zero-order chi connectivity index (χ0) is 17.1. The molecule has 2 aromatic rings. The minimum atomic E-state index is -0.123. The summed E-state index contributed by atoms with van der Waals surface area (Å²) in [6, 6.07) is 7.73. The molecule has 0 saturated carbocycles. The Kier molecular flexibility index (Phi) is 4.50. The summed E-state index contributed by atoms with van der Waals surface area (Å²) >= 11 is 0. The summed E-state index contributed by atoms with van der Waals surface area (Å²) in [7, 11) is 1.61. The van der Waals surface area contributed by atoms with Crippen LogP contribution in [0.15, 0.2) is 36.8 Å². The van der Waals surface area contributed by atoms with Gasteiger partial charge in [0.25, 0.3) is 0 Å². The first-order chi connectivity index (χ1) is 12.3. The van der Waals surface area contributed by atoms with E-state index in [2.05, 4.69) is 19.9 Å². The molecule has 0 radical (unpaired) electrons. The molecule has 0 amide bonds. The summed E-state index contributed by atoms with van der Waals surface area (Å²) < 4.78 is 17.2. The highest BCUT2D eigenvalue weighted by molar-refractivity contribution is 5.46. The summed E-state index contributed by atoms with van der Waals surface area (Å²) in [4.78, 5) is 14.9. The summed E-state index contributed by atoms with van der Waals surface area (Å²) in [5, 5.41) is 0. The highest BCUT2D eigenvalue weighted by Crippen LogP contribution is 2.41. The fourth-order valence-electron chi connectivity index (χ4n) is 3.54. The van der Waals surface area contributed by atoms with E-state index < -0.39 is 0 Å². The minimum absolute atomic E-state index is 0.123. The zero-order valence-electron chi connectivity index (χ0n) is 14.3. The van der Waals surface area contributed by atoms with Gasteiger partial charge in [-0.05, 0) is 18.6 Å². The molecule has 0 aromatic carbocycles. The summed E-state index contributed by atoms with van der Waals surface area (Å²) in [6.07, 6.45) is 4.35. The van der Waals surface area contributed by atoms with E-state index in [0.29, 0.717) is 25.0 Å². The van der Waals surface area contributed by atoms with Gasteiger partial charge in [-0.1, -0.05) is 6.07 Å². The smallest absolute Gasteiger partial charge is 0.218 e. The molecule has 132 valence electrons. The molecule has 0 N–H and O–H groups in total. The van der Waals surface area contributed by atoms with E-state index >= 15 is 0 Å². The van der Waals surface area contributed by atoms with E-state index in [0.717, 1.165) is 37.6 Å². The molecule has 1 atom stereocenters. The molecule has 2 aliphatic rings. The van der Waals surface area contributed by atoms with E-state index in [1.54, 1.807) is 13.3 Å².